The van der Waals surface area contributed by atoms with Crippen molar-refractivity contribution >= 4 is 28.8 Å². The van der Waals surface area contributed by atoms with Crippen LogP contribution in [0.2, 0.25) is 0 Å². The number of pyridine rings is 1. The van der Waals surface area contributed by atoms with E-state index in [1.807, 2.05) is 31.2 Å². The molecule has 0 unspecified atom stereocenters. The molecule has 0 aliphatic carbocycles. The van der Waals surface area contributed by atoms with Crippen molar-refractivity contribution in [2.75, 3.05) is 16.4 Å². The summed E-state index contributed by atoms with van der Waals surface area (Å²) in [7, 11) is 0. The van der Waals surface area contributed by atoms with Gasteiger partial charge in [0.2, 0.25) is 0 Å². The fourth-order valence-corrected chi connectivity index (χ4v) is 2.44. The second kappa shape index (κ2) is 6.54. The summed E-state index contributed by atoms with van der Waals surface area (Å²) in [6, 6.07) is 10.1. The van der Waals surface area contributed by atoms with Gasteiger partial charge in [0.05, 0.1) is 0 Å². The Balaban J connectivity index is 1.86. The van der Waals surface area contributed by atoms with E-state index in [4.69, 9.17) is 5.73 Å². The fourth-order valence-electron chi connectivity index (χ4n) is 2.44. The van der Waals surface area contributed by atoms with Crippen LogP contribution in [0.15, 0.2) is 42.9 Å². The molecule has 0 radical (unpaired) electrons. The van der Waals surface area contributed by atoms with Gasteiger partial charge < -0.3 is 16.4 Å². The Labute approximate surface area is 141 Å². The second-order valence-corrected chi connectivity index (χ2v) is 5.83. The molecule has 122 valence electrons. The Bertz CT molecular complexity index is 838. The Morgan fingerprint density at radius 3 is 2.08 bits per heavy atom. The van der Waals surface area contributed by atoms with Gasteiger partial charge in [-0.25, -0.2) is 15.0 Å². The summed E-state index contributed by atoms with van der Waals surface area (Å²) in [6.45, 7) is 6.09. The van der Waals surface area contributed by atoms with Crippen LogP contribution in [0.4, 0.5) is 28.8 Å². The van der Waals surface area contributed by atoms with Gasteiger partial charge in [-0.2, -0.15) is 0 Å². The predicted molar refractivity (Wildman–Crippen MR) is 97.9 cm³/mol. The Morgan fingerprint density at radius 2 is 1.46 bits per heavy atom. The molecule has 0 amide bonds. The first-order valence-electron chi connectivity index (χ1n) is 7.67. The molecule has 0 saturated heterocycles. The zero-order chi connectivity index (χ0) is 17.1. The van der Waals surface area contributed by atoms with Crippen LogP contribution in [-0.4, -0.2) is 15.0 Å². The number of nitrogen functional groups attached to an aromatic ring is 1. The zero-order valence-corrected chi connectivity index (χ0v) is 14.0. The third kappa shape index (κ3) is 3.60. The van der Waals surface area contributed by atoms with Gasteiger partial charge in [-0.05, 0) is 55.7 Å². The number of nitrogens with zero attached hydrogens (tertiary/aromatic N) is 3. The molecule has 0 spiro atoms. The van der Waals surface area contributed by atoms with Gasteiger partial charge in [0.25, 0.3) is 0 Å². The SMILES string of the molecule is Cc1ccc(Nc2ncnc(Nc3cc(C)cc(C)c3)c2N)nc1. The predicted octanol–water partition coefficient (Wildman–Crippen LogP) is 3.87. The van der Waals surface area contributed by atoms with Crippen molar-refractivity contribution in [2.24, 2.45) is 0 Å². The number of benzene rings is 1. The van der Waals surface area contributed by atoms with Crippen molar-refractivity contribution in [2.45, 2.75) is 20.8 Å². The summed E-state index contributed by atoms with van der Waals surface area (Å²) < 4.78 is 0. The Hall–Kier alpha value is -3.15. The first-order valence-corrected chi connectivity index (χ1v) is 7.67. The van der Waals surface area contributed by atoms with Crippen molar-refractivity contribution in [3.8, 4) is 0 Å². The van der Waals surface area contributed by atoms with Crippen LogP contribution in [0.1, 0.15) is 16.7 Å². The van der Waals surface area contributed by atoms with Crippen LogP contribution in [0, 0.1) is 20.8 Å². The highest BCUT2D eigenvalue weighted by Crippen LogP contribution is 2.28. The molecule has 0 saturated carbocycles. The normalized spacial score (nSPS) is 10.5. The molecule has 6 heteroatoms. The second-order valence-electron chi connectivity index (χ2n) is 5.83. The molecule has 4 N–H and O–H groups in total. The van der Waals surface area contributed by atoms with E-state index in [-0.39, 0.29) is 0 Å². The minimum atomic E-state index is 0.444. The fraction of sp³-hybridized carbons (Fsp3) is 0.167. The maximum atomic E-state index is 6.21. The summed E-state index contributed by atoms with van der Waals surface area (Å²) >= 11 is 0. The molecule has 2 aromatic heterocycles. The third-order valence-corrected chi connectivity index (χ3v) is 3.53. The van der Waals surface area contributed by atoms with E-state index in [0.29, 0.717) is 23.1 Å². The van der Waals surface area contributed by atoms with Crippen molar-refractivity contribution in [1.29, 1.82) is 0 Å². The number of aromatic nitrogens is 3. The quantitative estimate of drug-likeness (QED) is 0.676. The van der Waals surface area contributed by atoms with Crippen molar-refractivity contribution in [3.63, 3.8) is 0 Å². The van der Waals surface area contributed by atoms with Gasteiger partial charge in [0.15, 0.2) is 11.6 Å². The maximum absolute atomic E-state index is 6.21. The smallest absolute Gasteiger partial charge is 0.160 e. The summed E-state index contributed by atoms with van der Waals surface area (Å²) in [4.78, 5) is 12.8. The molecule has 1 aromatic carbocycles. The lowest BCUT2D eigenvalue weighted by Gasteiger charge is -2.13. The van der Waals surface area contributed by atoms with Crippen LogP contribution in [0.3, 0.4) is 0 Å². The van der Waals surface area contributed by atoms with E-state index < -0.39 is 0 Å². The van der Waals surface area contributed by atoms with E-state index in [2.05, 4.69) is 45.5 Å². The first-order chi connectivity index (χ1) is 11.5. The third-order valence-electron chi connectivity index (χ3n) is 3.53. The molecule has 3 aromatic rings. The van der Waals surface area contributed by atoms with Gasteiger partial charge in [-0.1, -0.05) is 12.1 Å². The van der Waals surface area contributed by atoms with Gasteiger partial charge in [-0.15, -0.1) is 0 Å². The number of nitrogens with one attached hydrogen (secondary N) is 2. The van der Waals surface area contributed by atoms with Crippen LogP contribution >= 0.6 is 0 Å². The Morgan fingerprint density at radius 1 is 0.792 bits per heavy atom. The van der Waals surface area contributed by atoms with Gasteiger partial charge in [-0.3, -0.25) is 0 Å². The summed E-state index contributed by atoms with van der Waals surface area (Å²) in [6.07, 6.45) is 3.26. The van der Waals surface area contributed by atoms with E-state index in [1.165, 1.54) is 17.5 Å². The highest BCUT2D eigenvalue weighted by atomic mass is 15.1. The molecule has 0 bridgehead atoms. The average Bonchev–Trinajstić information content (AvgIpc) is 2.52. The van der Waals surface area contributed by atoms with E-state index >= 15 is 0 Å². The van der Waals surface area contributed by atoms with Crippen LogP contribution < -0.4 is 16.4 Å². The molecule has 24 heavy (non-hydrogen) atoms. The van der Waals surface area contributed by atoms with E-state index in [9.17, 15) is 0 Å². The topological polar surface area (TPSA) is 88.8 Å². The van der Waals surface area contributed by atoms with E-state index in [1.54, 1.807) is 6.20 Å². The highest BCUT2D eigenvalue weighted by Gasteiger charge is 2.09. The molecule has 6 nitrogen and oxygen atoms in total. The Kier molecular flexibility index (Phi) is 4.29. The van der Waals surface area contributed by atoms with Crippen molar-refractivity contribution < 1.29 is 0 Å². The molecule has 0 aliphatic rings. The molecule has 0 fully saturated rings. The summed E-state index contributed by atoms with van der Waals surface area (Å²) in [5.41, 5.74) is 11.0. The number of anilines is 5. The lowest BCUT2D eigenvalue weighted by Crippen LogP contribution is -2.06. The van der Waals surface area contributed by atoms with Crippen molar-refractivity contribution in [1.82, 2.24) is 15.0 Å². The van der Waals surface area contributed by atoms with E-state index in [0.717, 1.165) is 11.3 Å². The van der Waals surface area contributed by atoms with Gasteiger partial charge >= 0.3 is 0 Å². The van der Waals surface area contributed by atoms with Crippen LogP contribution in [0.25, 0.3) is 0 Å². The average molecular weight is 320 g/mol. The summed E-state index contributed by atoms with van der Waals surface area (Å²) in [5.74, 6) is 1.76. The standard InChI is InChI=1S/C18H20N6/c1-11-4-5-15(20-9-11)24-18-16(19)17(21-10-22-18)23-14-7-12(2)6-13(3)8-14/h4-10H,19H2,1-3H3,(H2,20,21,22,23,24). The molecule has 0 atom stereocenters. The molecule has 3 rings (SSSR count). The first kappa shape index (κ1) is 15.7. The highest BCUT2D eigenvalue weighted by molar-refractivity contribution is 5.79. The largest absolute Gasteiger partial charge is 0.393 e. The molecular formula is C18H20N6. The lowest BCUT2D eigenvalue weighted by atomic mass is 10.1. The monoisotopic (exact) mass is 320 g/mol. The van der Waals surface area contributed by atoms with Crippen LogP contribution in [0.5, 0.6) is 0 Å². The van der Waals surface area contributed by atoms with Crippen molar-refractivity contribution in [3.05, 3.63) is 59.5 Å². The number of rotatable bonds is 4. The zero-order valence-electron chi connectivity index (χ0n) is 14.0. The molecule has 2 heterocycles. The minimum Gasteiger partial charge on any atom is -0.393 e. The number of nitrogens with two attached hydrogens (primary N) is 1. The number of hydrogen-bond acceptors (Lipinski definition) is 6. The summed E-state index contributed by atoms with van der Waals surface area (Å²) in [5, 5.41) is 6.37. The van der Waals surface area contributed by atoms with Gasteiger partial charge in [0, 0.05) is 11.9 Å². The minimum absolute atomic E-state index is 0.444. The van der Waals surface area contributed by atoms with Gasteiger partial charge in [0.1, 0.15) is 17.8 Å². The lowest BCUT2D eigenvalue weighted by molar-refractivity contribution is 1.16. The number of aryl methyl sites for hydroxylation is 3. The maximum Gasteiger partial charge on any atom is 0.160 e. The number of hydrogen-bond donors (Lipinski definition) is 3. The molecular weight excluding hydrogens is 300 g/mol. The molecule has 0 aliphatic heterocycles. The van der Waals surface area contributed by atoms with Crippen LogP contribution in [-0.2, 0) is 0 Å².